The third-order valence-electron chi connectivity index (χ3n) is 5.23. The minimum Gasteiger partial charge on any atom is -0.480 e. The largest absolute Gasteiger partial charge is 0.480 e. The van der Waals surface area contributed by atoms with Crippen LogP contribution in [0.5, 0.6) is 0 Å². The molecule has 206 valence electrons. The predicted octanol–water partition coefficient (Wildman–Crippen LogP) is -2.13. The van der Waals surface area contributed by atoms with Crippen LogP contribution >= 0.6 is 0 Å². The minimum absolute atomic E-state index is 0.0140. The Labute approximate surface area is 211 Å². The van der Waals surface area contributed by atoms with Gasteiger partial charge in [-0.15, -0.1) is 0 Å². The van der Waals surface area contributed by atoms with Gasteiger partial charge in [-0.3, -0.25) is 24.2 Å². The Hall–Kier alpha value is -3.42. The Morgan fingerprint density at radius 3 is 1.75 bits per heavy atom. The van der Waals surface area contributed by atoms with Crippen LogP contribution in [0.15, 0.2) is 4.99 Å². The number of aliphatic imine (C=N–C) groups is 1. The summed E-state index contributed by atoms with van der Waals surface area (Å²) in [5, 5.41) is 16.9. The normalized spacial score (nSPS) is 14.3. The van der Waals surface area contributed by atoms with E-state index < -0.39 is 53.8 Å². The van der Waals surface area contributed by atoms with Crippen LogP contribution < -0.4 is 38.9 Å². The van der Waals surface area contributed by atoms with Crippen molar-refractivity contribution in [2.45, 2.75) is 84.0 Å². The average molecular weight is 515 g/mol. The van der Waals surface area contributed by atoms with Crippen molar-refractivity contribution in [3.63, 3.8) is 0 Å². The van der Waals surface area contributed by atoms with Crippen molar-refractivity contribution in [3.05, 3.63) is 0 Å². The van der Waals surface area contributed by atoms with Gasteiger partial charge in [0.1, 0.15) is 18.1 Å². The van der Waals surface area contributed by atoms with Crippen molar-refractivity contribution in [3.8, 4) is 0 Å². The number of aliphatic carboxylic acids is 1. The maximum atomic E-state index is 13.1. The van der Waals surface area contributed by atoms with E-state index in [0.717, 1.165) is 0 Å². The van der Waals surface area contributed by atoms with Gasteiger partial charge in [-0.1, -0.05) is 27.7 Å². The fourth-order valence-corrected chi connectivity index (χ4v) is 3.14. The van der Waals surface area contributed by atoms with Crippen LogP contribution in [0.3, 0.4) is 0 Å². The second kappa shape index (κ2) is 16.3. The molecule has 14 heteroatoms. The van der Waals surface area contributed by atoms with Crippen LogP contribution in [-0.4, -0.2) is 71.4 Å². The number of primary amides is 1. The number of guanidine groups is 1. The van der Waals surface area contributed by atoms with E-state index in [1.165, 1.54) is 0 Å². The van der Waals surface area contributed by atoms with Gasteiger partial charge in [0.15, 0.2) is 5.96 Å². The molecule has 0 aromatic carbocycles. The lowest BCUT2D eigenvalue weighted by molar-refractivity contribution is -0.142. The molecule has 0 saturated heterocycles. The summed E-state index contributed by atoms with van der Waals surface area (Å²) < 4.78 is 0. The van der Waals surface area contributed by atoms with Gasteiger partial charge in [-0.25, -0.2) is 4.79 Å². The van der Waals surface area contributed by atoms with Crippen molar-refractivity contribution in [2.24, 2.45) is 39.8 Å². The molecule has 0 aliphatic heterocycles. The summed E-state index contributed by atoms with van der Waals surface area (Å²) in [5.74, 6) is -4.34. The Balaban J connectivity index is 5.71. The molecule has 0 bridgehead atoms. The number of nitrogens with one attached hydrogen (secondary N) is 3. The highest BCUT2D eigenvalue weighted by Gasteiger charge is 2.31. The molecule has 4 atom stereocenters. The Morgan fingerprint density at radius 2 is 1.31 bits per heavy atom. The van der Waals surface area contributed by atoms with Crippen molar-refractivity contribution in [1.29, 1.82) is 0 Å². The number of nitrogens with zero attached hydrogens (tertiary/aromatic N) is 1. The van der Waals surface area contributed by atoms with Crippen LogP contribution in [0.25, 0.3) is 0 Å². The van der Waals surface area contributed by atoms with Gasteiger partial charge < -0.3 is 44.0 Å². The average Bonchev–Trinajstić information content (AvgIpc) is 2.76. The van der Waals surface area contributed by atoms with Crippen molar-refractivity contribution in [2.75, 3.05) is 6.54 Å². The molecule has 0 aromatic rings. The monoisotopic (exact) mass is 514 g/mol. The zero-order valence-corrected chi connectivity index (χ0v) is 21.5. The summed E-state index contributed by atoms with van der Waals surface area (Å²) >= 11 is 0. The zero-order chi connectivity index (χ0) is 28.0. The van der Waals surface area contributed by atoms with Crippen LogP contribution in [0.2, 0.25) is 0 Å². The first-order valence-corrected chi connectivity index (χ1v) is 11.9. The number of nitrogens with two attached hydrogens (primary N) is 4. The first kappa shape index (κ1) is 32.6. The molecular formula is C22H42N8O6. The molecule has 0 aliphatic carbocycles. The van der Waals surface area contributed by atoms with E-state index >= 15 is 0 Å². The van der Waals surface area contributed by atoms with Crippen LogP contribution in [0.1, 0.15) is 59.8 Å². The van der Waals surface area contributed by atoms with Crippen LogP contribution in [-0.2, 0) is 24.0 Å². The van der Waals surface area contributed by atoms with E-state index in [1.807, 2.05) is 13.8 Å². The second-order valence-corrected chi connectivity index (χ2v) is 9.37. The van der Waals surface area contributed by atoms with Crippen molar-refractivity contribution < 1.29 is 29.1 Å². The first-order valence-electron chi connectivity index (χ1n) is 11.9. The topological polar surface area (TPSA) is 258 Å². The Kier molecular flexibility index (Phi) is 14.7. The molecule has 14 nitrogen and oxygen atoms in total. The van der Waals surface area contributed by atoms with E-state index in [-0.39, 0.29) is 56.4 Å². The van der Waals surface area contributed by atoms with Gasteiger partial charge in [0, 0.05) is 13.0 Å². The number of hydrogen-bond acceptors (Lipinski definition) is 7. The molecule has 12 N–H and O–H groups in total. The lowest BCUT2D eigenvalue weighted by Gasteiger charge is -2.26. The van der Waals surface area contributed by atoms with E-state index in [4.69, 9.17) is 22.9 Å². The SMILES string of the molecule is CC(C)CC(NC(=O)C(CCCN=C(N)N)NC(=O)C(CCC(N)=O)NC(=O)C(N)C(C)C)C(=O)O. The van der Waals surface area contributed by atoms with E-state index in [2.05, 4.69) is 20.9 Å². The number of carboxylic acids is 1. The summed E-state index contributed by atoms with van der Waals surface area (Å²) in [4.78, 5) is 65.2. The van der Waals surface area contributed by atoms with E-state index in [0.29, 0.717) is 0 Å². The first-order chi connectivity index (χ1) is 16.6. The summed E-state index contributed by atoms with van der Waals surface area (Å²) in [5.41, 5.74) is 21.7. The fraction of sp³-hybridized carbons (Fsp3) is 0.727. The second-order valence-electron chi connectivity index (χ2n) is 9.37. The molecule has 0 aromatic heterocycles. The van der Waals surface area contributed by atoms with Crippen LogP contribution in [0, 0.1) is 11.8 Å². The van der Waals surface area contributed by atoms with E-state index in [9.17, 15) is 29.1 Å². The number of rotatable bonds is 17. The highest BCUT2D eigenvalue weighted by molar-refractivity contribution is 5.94. The van der Waals surface area contributed by atoms with Crippen molar-refractivity contribution in [1.82, 2.24) is 16.0 Å². The highest BCUT2D eigenvalue weighted by Crippen LogP contribution is 2.08. The number of carboxylic acid groups (broad SMARTS) is 1. The molecule has 0 rings (SSSR count). The smallest absolute Gasteiger partial charge is 0.326 e. The lowest BCUT2D eigenvalue weighted by Crippen LogP contribution is -2.57. The molecule has 0 spiro atoms. The highest BCUT2D eigenvalue weighted by atomic mass is 16.4. The number of amides is 4. The van der Waals surface area contributed by atoms with Gasteiger partial charge >= 0.3 is 5.97 Å². The summed E-state index contributed by atoms with van der Waals surface area (Å²) in [6, 6.07) is -4.43. The third kappa shape index (κ3) is 13.5. The molecule has 36 heavy (non-hydrogen) atoms. The minimum atomic E-state index is -1.21. The summed E-state index contributed by atoms with van der Waals surface area (Å²) in [7, 11) is 0. The van der Waals surface area contributed by atoms with Crippen molar-refractivity contribution >= 4 is 35.6 Å². The standard InChI is InChI=1S/C22H42N8O6/c1-11(2)10-15(21(35)36)30-18(32)13(6-5-9-27-22(25)26)28-19(33)14(7-8-16(23)31)29-20(34)17(24)12(3)4/h11-15,17H,5-10,24H2,1-4H3,(H2,23,31)(H,28,33)(H,29,34)(H,30,32)(H,35,36)(H4,25,26,27). The van der Waals surface area contributed by atoms with Gasteiger partial charge in [0.25, 0.3) is 0 Å². The molecule has 0 saturated carbocycles. The molecule has 0 radical (unpaired) electrons. The van der Waals surface area contributed by atoms with Gasteiger partial charge in [0.05, 0.1) is 6.04 Å². The van der Waals surface area contributed by atoms with Gasteiger partial charge in [-0.05, 0) is 37.5 Å². The molecule has 4 unspecified atom stereocenters. The van der Waals surface area contributed by atoms with Gasteiger partial charge in [-0.2, -0.15) is 0 Å². The van der Waals surface area contributed by atoms with E-state index in [1.54, 1.807) is 13.8 Å². The molecular weight excluding hydrogens is 472 g/mol. The molecule has 0 aliphatic rings. The molecule has 0 heterocycles. The third-order valence-corrected chi connectivity index (χ3v) is 5.23. The number of hydrogen-bond donors (Lipinski definition) is 8. The Morgan fingerprint density at radius 1 is 0.806 bits per heavy atom. The van der Waals surface area contributed by atoms with Crippen LogP contribution in [0.4, 0.5) is 0 Å². The number of carbonyl (C=O) groups excluding carboxylic acids is 4. The maximum absolute atomic E-state index is 13.1. The zero-order valence-electron chi connectivity index (χ0n) is 21.5. The number of carbonyl (C=O) groups is 5. The summed E-state index contributed by atoms with van der Waals surface area (Å²) in [6.45, 7) is 7.25. The van der Waals surface area contributed by atoms with Gasteiger partial charge in [0.2, 0.25) is 23.6 Å². The Bertz CT molecular complexity index is 797. The maximum Gasteiger partial charge on any atom is 0.326 e. The summed E-state index contributed by atoms with van der Waals surface area (Å²) in [6.07, 6.45) is 0.219. The molecule has 4 amide bonds. The fourth-order valence-electron chi connectivity index (χ4n) is 3.14. The predicted molar refractivity (Wildman–Crippen MR) is 134 cm³/mol. The lowest BCUT2D eigenvalue weighted by atomic mass is 10.0. The molecule has 0 fully saturated rings. The quantitative estimate of drug-likeness (QED) is 0.0598.